The standard InChI is InChI=1S/C51H63N3O2/c1-47-27-14-28-48(2,45(55)53(7)46(56)50(4)30-15-29-49(3)43-32-40(52-6)23-20-39(43)26-31-51(49,50)5)44(47)25-22-38-21-24-41(33-42(38)47)54(34-36-16-10-8-11-17-36)35-37-18-12-9-13-19-37/h8-13,16-21,23-24,32-33,44,52H,14-15,22,25-31,34-35H2,1-7H3/t44-,47-,48+,49-,50-,51-/m1/s1. The third-order valence-corrected chi connectivity index (χ3v) is 16.4. The van der Waals surface area contributed by atoms with Crippen molar-refractivity contribution in [1.82, 2.24) is 4.90 Å². The molecule has 4 aliphatic rings. The number of fused-ring (bicyclic) bond motifs is 6. The molecule has 8 rings (SSSR count). The number of rotatable bonds is 8. The Bertz CT molecular complexity index is 2070. The van der Waals surface area contributed by atoms with Crippen LogP contribution in [-0.4, -0.2) is 30.8 Å². The fourth-order valence-electron chi connectivity index (χ4n) is 12.7. The van der Waals surface area contributed by atoms with Gasteiger partial charge in [-0.05, 0) is 131 Å². The van der Waals surface area contributed by atoms with Crippen LogP contribution in [-0.2, 0) is 46.4 Å². The average Bonchev–Trinajstić information content (AvgIpc) is 3.21. The van der Waals surface area contributed by atoms with Crippen molar-refractivity contribution >= 4 is 23.2 Å². The van der Waals surface area contributed by atoms with E-state index in [0.29, 0.717) is 0 Å². The van der Waals surface area contributed by atoms with Gasteiger partial charge in [0.05, 0.1) is 10.8 Å². The molecule has 294 valence electrons. The largest absolute Gasteiger partial charge is 0.388 e. The summed E-state index contributed by atoms with van der Waals surface area (Å²) in [4.78, 5) is 34.6. The van der Waals surface area contributed by atoms with Crippen LogP contribution < -0.4 is 10.2 Å². The van der Waals surface area contributed by atoms with E-state index in [1.165, 1.54) is 39.1 Å². The monoisotopic (exact) mass is 749 g/mol. The summed E-state index contributed by atoms with van der Waals surface area (Å²) in [6.45, 7) is 13.2. The zero-order chi connectivity index (χ0) is 39.5. The van der Waals surface area contributed by atoms with Crippen molar-refractivity contribution in [2.24, 2.45) is 22.2 Å². The fourth-order valence-corrected chi connectivity index (χ4v) is 12.7. The van der Waals surface area contributed by atoms with E-state index in [-0.39, 0.29) is 34.0 Å². The van der Waals surface area contributed by atoms with Gasteiger partial charge in [-0.2, -0.15) is 0 Å². The molecular weight excluding hydrogens is 687 g/mol. The van der Waals surface area contributed by atoms with Gasteiger partial charge in [0.2, 0.25) is 11.8 Å². The summed E-state index contributed by atoms with van der Waals surface area (Å²) in [5.74, 6) is 0.194. The van der Waals surface area contributed by atoms with E-state index in [2.05, 4.69) is 142 Å². The summed E-state index contributed by atoms with van der Waals surface area (Å²) in [6.07, 6.45) is 9.50. The molecule has 6 atom stereocenters. The Morgan fingerprint density at radius 2 is 1.30 bits per heavy atom. The van der Waals surface area contributed by atoms with Crippen molar-refractivity contribution < 1.29 is 9.59 Å². The predicted octanol–water partition coefficient (Wildman–Crippen LogP) is 11.0. The van der Waals surface area contributed by atoms with Crippen LogP contribution >= 0.6 is 0 Å². The van der Waals surface area contributed by atoms with Crippen LogP contribution in [0, 0.1) is 22.2 Å². The third-order valence-electron chi connectivity index (χ3n) is 16.4. The molecule has 0 saturated heterocycles. The second-order valence-corrected chi connectivity index (χ2v) is 19.1. The fraction of sp³-hybridized carbons (Fsp3) is 0.490. The van der Waals surface area contributed by atoms with Gasteiger partial charge >= 0.3 is 0 Å². The van der Waals surface area contributed by atoms with Gasteiger partial charge in [-0.1, -0.05) is 120 Å². The van der Waals surface area contributed by atoms with Gasteiger partial charge in [0.1, 0.15) is 0 Å². The molecule has 5 nitrogen and oxygen atoms in total. The number of carbonyl (C=O) groups is 2. The van der Waals surface area contributed by atoms with Crippen LogP contribution in [0.2, 0.25) is 0 Å². The number of amides is 2. The highest BCUT2D eigenvalue weighted by atomic mass is 16.2. The minimum atomic E-state index is -0.652. The number of hydrogen-bond acceptors (Lipinski definition) is 4. The van der Waals surface area contributed by atoms with Crippen LogP contribution in [0.3, 0.4) is 0 Å². The van der Waals surface area contributed by atoms with Crippen molar-refractivity contribution in [3.05, 3.63) is 130 Å². The molecule has 56 heavy (non-hydrogen) atoms. The summed E-state index contributed by atoms with van der Waals surface area (Å²) in [5.41, 5.74) is 8.62. The normalized spacial score (nSPS) is 30.5. The second-order valence-electron chi connectivity index (χ2n) is 19.1. The smallest absolute Gasteiger partial charge is 0.235 e. The number of aryl methyl sites for hydroxylation is 2. The van der Waals surface area contributed by atoms with E-state index in [1.807, 2.05) is 14.1 Å². The van der Waals surface area contributed by atoms with E-state index in [4.69, 9.17) is 0 Å². The van der Waals surface area contributed by atoms with E-state index in [9.17, 15) is 0 Å². The van der Waals surface area contributed by atoms with Crippen LogP contribution in [0.1, 0.15) is 119 Å². The number of anilines is 2. The topological polar surface area (TPSA) is 52.7 Å². The molecule has 4 aliphatic carbocycles. The molecule has 4 aromatic rings. The number of nitrogens with one attached hydrogen (secondary N) is 1. The van der Waals surface area contributed by atoms with E-state index in [1.54, 1.807) is 4.90 Å². The summed E-state index contributed by atoms with van der Waals surface area (Å²) < 4.78 is 0. The van der Waals surface area contributed by atoms with Gasteiger partial charge in [0.15, 0.2) is 0 Å². The van der Waals surface area contributed by atoms with Gasteiger partial charge in [-0.15, -0.1) is 0 Å². The average molecular weight is 750 g/mol. The number of benzene rings is 4. The highest BCUT2D eigenvalue weighted by Gasteiger charge is 2.65. The molecule has 0 aromatic heterocycles. The zero-order valence-electron chi connectivity index (χ0n) is 35.0. The molecule has 2 amide bonds. The van der Waals surface area contributed by atoms with Crippen molar-refractivity contribution in [3.8, 4) is 0 Å². The molecule has 0 spiro atoms. The molecule has 4 aromatic carbocycles. The molecule has 5 heteroatoms. The highest BCUT2D eigenvalue weighted by Crippen LogP contribution is 2.66. The Labute approximate surface area is 336 Å². The van der Waals surface area contributed by atoms with Gasteiger partial charge in [0.25, 0.3) is 0 Å². The Morgan fingerprint density at radius 1 is 0.679 bits per heavy atom. The Kier molecular flexibility index (Phi) is 9.77. The van der Waals surface area contributed by atoms with E-state index in [0.717, 1.165) is 83.0 Å². The quantitative estimate of drug-likeness (QED) is 0.182. The molecule has 0 heterocycles. The zero-order valence-corrected chi connectivity index (χ0v) is 35.0. The van der Waals surface area contributed by atoms with Gasteiger partial charge in [-0.3, -0.25) is 14.5 Å². The summed E-state index contributed by atoms with van der Waals surface area (Å²) >= 11 is 0. The lowest BCUT2D eigenvalue weighted by atomic mass is 9.41. The molecular formula is C51H63N3O2. The van der Waals surface area contributed by atoms with Gasteiger partial charge in [0, 0.05) is 38.6 Å². The molecule has 0 unspecified atom stereocenters. The predicted molar refractivity (Wildman–Crippen MR) is 230 cm³/mol. The molecule has 0 bridgehead atoms. The summed E-state index contributed by atoms with van der Waals surface area (Å²) in [6, 6.07) is 35.4. The molecule has 0 aliphatic heterocycles. The van der Waals surface area contributed by atoms with Crippen molar-refractivity contribution in [1.29, 1.82) is 0 Å². The van der Waals surface area contributed by atoms with Crippen LogP contribution in [0.5, 0.6) is 0 Å². The summed E-state index contributed by atoms with van der Waals surface area (Å²) in [5, 5.41) is 3.36. The second kappa shape index (κ2) is 14.2. The Morgan fingerprint density at radius 3 is 1.96 bits per heavy atom. The number of nitrogens with zero attached hydrogens (tertiary/aromatic N) is 2. The van der Waals surface area contributed by atoms with Gasteiger partial charge < -0.3 is 10.2 Å². The van der Waals surface area contributed by atoms with E-state index < -0.39 is 10.8 Å². The lowest BCUT2D eigenvalue weighted by Gasteiger charge is -2.63. The SMILES string of the molecule is CNc1ccc2c(c1)[C@@]1(C)CCC[C@](C)(C(=O)N(C)C(=O)[C@@]3(C)CCC[C@]4(C)c5cc(N(Cc6ccccc6)Cc6ccccc6)ccc5CC[C@@H]34)[C@]1(C)CC2. The highest BCUT2D eigenvalue weighted by molar-refractivity contribution is 6.01. The minimum Gasteiger partial charge on any atom is -0.388 e. The first-order valence-electron chi connectivity index (χ1n) is 21.4. The number of imide groups is 1. The molecule has 1 N–H and O–H groups in total. The lowest BCUT2D eigenvalue weighted by Crippen LogP contribution is -2.64. The van der Waals surface area contributed by atoms with Crippen LogP contribution in [0.15, 0.2) is 97.1 Å². The number of hydrogen-bond donors (Lipinski definition) is 1. The van der Waals surface area contributed by atoms with Crippen molar-refractivity contribution in [2.75, 3.05) is 24.3 Å². The third kappa shape index (κ3) is 5.93. The first-order chi connectivity index (χ1) is 26.8. The van der Waals surface area contributed by atoms with Crippen LogP contribution in [0.25, 0.3) is 0 Å². The Balaban J connectivity index is 1.10. The lowest BCUT2D eigenvalue weighted by molar-refractivity contribution is -0.171. The maximum absolute atomic E-state index is 15.3. The molecule has 2 saturated carbocycles. The minimum absolute atomic E-state index is 0.0219. The maximum Gasteiger partial charge on any atom is 0.235 e. The van der Waals surface area contributed by atoms with Crippen molar-refractivity contribution in [3.63, 3.8) is 0 Å². The summed E-state index contributed by atoms with van der Waals surface area (Å²) in [7, 11) is 3.80. The Hall–Kier alpha value is -4.38. The van der Waals surface area contributed by atoms with Crippen LogP contribution in [0.4, 0.5) is 11.4 Å². The van der Waals surface area contributed by atoms with E-state index >= 15 is 9.59 Å². The first kappa shape index (κ1) is 38.5. The molecule has 0 radical (unpaired) electrons. The van der Waals surface area contributed by atoms with Gasteiger partial charge in [-0.25, -0.2) is 0 Å². The number of carbonyl (C=O) groups excluding carboxylic acids is 2. The molecule has 2 fully saturated rings. The first-order valence-corrected chi connectivity index (χ1v) is 21.4. The van der Waals surface area contributed by atoms with Crippen molar-refractivity contribution in [2.45, 2.75) is 123 Å². The maximum atomic E-state index is 15.3.